The van der Waals surface area contributed by atoms with Gasteiger partial charge in [0.1, 0.15) is 0 Å². The highest BCUT2D eigenvalue weighted by Crippen LogP contribution is 2.11. The molecule has 0 fully saturated rings. The zero-order valence-corrected chi connectivity index (χ0v) is 7.23. The van der Waals surface area contributed by atoms with Gasteiger partial charge in [-0.3, -0.25) is 0 Å². The maximum Gasteiger partial charge on any atom is 0.168 e. The highest BCUT2D eigenvalue weighted by molar-refractivity contribution is 8.11. The fourth-order valence-corrected chi connectivity index (χ4v) is 0.846. The monoisotopic (exact) mass is 186 g/mol. The van der Waals surface area contributed by atoms with E-state index in [-0.39, 0.29) is 5.76 Å². The summed E-state index contributed by atoms with van der Waals surface area (Å²) in [6.07, 6.45) is 2.82. The van der Waals surface area contributed by atoms with Gasteiger partial charge in [0.15, 0.2) is 11.5 Å². The summed E-state index contributed by atoms with van der Waals surface area (Å²) in [4.78, 5) is 0. The molecule has 0 saturated heterocycles. The minimum Gasteiger partial charge on any atom is -0.504 e. The average Bonchev–Trinajstić information content (AvgIpc) is 2.35. The maximum atomic E-state index is 9.21. The quantitative estimate of drug-likeness (QED) is 0.322. The van der Waals surface area contributed by atoms with Crippen LogP contribution in [0.25, 0.3) is 5.76 Å². The number of thiol groups is 1. The van der Waals surface area contributed by atoms with E-state index in [2.05, 4.69) is 24.8 Å². The molecule has 1 rings (SSSR count). The van der Waals surface area contributed by atoms with Gasteiger partial charge in [-0.25, -0.2) is 0 Å². The lowest BCUT2D eigenvalue weighted by molar-refractivity contribution is 0.460. The number of aliphatic hydroxyl groups is 1. The molecule has 1 heterocycles. The van der Waals surface area contributed by atoms with Crippen molar-refractivity contribution in [1.82, 2.24) is 0 Å². The van der Waals surface area contributed by atoms with Crippen LogP contribution in [0.4, 0.5) is 0 Å². The van der Waals surface area contributed by atoms with Crippen molar-refractivity contribution in [2.75, 3.05) is 0 Å². The first-order valence-electron chi connectivity index (χ1n) is 2.87. The molecule has 0 unspecified atom stereocenters. The lowest BCUT2D eigenvalue weighted by atomic mass is 10.3. The molecule has 0 aliphatic carbocycles. The van der Waals surface area contributed by atoms with E-state index in [1.807, 2.05) is 0 Å². The first-order chi connectivity index (χ1) is 5.20. The van der Waals surface area contributed by atoms with Crippen molar-refractivity contribution < 1.29 is 9.52 Å². The first kappa shape index (κ1) is 8.36. The summed E-state index contributed by atoms with van der Waals surface area (Å²) in [5.74, 6) is 0.386. The third-order valence-corrected chi connectivity index (χ3v) is 1.28. The molecule has 0 radical (unpaired) electrons. The number of aliphatic hydroxyl groups excluding tert-OH is 1. The minimum atomic E-state index is -0.00463. The van der Waals surface area contributed by atoms with Crippen LogP contribution >= 0.6 is 24.8 Å². The topological polar surface area (TPSA) is 33.4 Å². The van der Waals surface area contributed by atoms with Crippen molar-refractivity contribution >= 4 is 34.8 Å². The van der Waals surface area contributed by atoms with Gasteiger partial charge in [0.05, 0.1) is 10.5 Å². The Balaban J connectivity index is 2.86. The Kier molecular flexibility index (Phi) is 2.73. The van der Waals surface area contributed by atoms with E-state index in [9.17, 15) is 5.11 Å². The van der Waals surface area contributed by atoms with Crippen LogP contribution in [0.1, 0.15) is 5.76 Å². The van der Waals surface area contributed by atoms with Crippen molar-refractivity contribution in [2.45, 2.75) is 0 Å². The minimum absolute atomic E-state index is 0.00463. The number of hydrogen-bond acceptors (Lipinski definition) is 3. The summed E-state index contributed by atoms with van der Waals surface area (Å²) in [6, 6.07) is 3.32. The summed E-state index contributed by atoms with van der Waals surface area (Å²) >= 11 is 8.45. The molecular formula is C7H6O2S2. The van der Waals surface area contributed by atoms with E-state index in [4.69, 9.17) is 4.42 Å². The molecule has 0 spiro atoms. The van der Waals surface area contributed by atoms with E-state index in [1.165, 1.54) is 12.3 Å². The SMILES string of the molecule is OC(=CC(=S)S)c1ccco1. The van der Waals surface area contributed by atoms with Crippen molar-refractivity contribution in [2.24, 2.45) is 0 Å². The zero-order chi connectivity index (χ0) is 8.27. The lowest BCUT2D eigenvalue weighted by Crippen LogP contribution is -1.81. The van der Waals surface area contributed by atoms with E-state index < -0.39 is 0 Å². The molecule has 2 nitrogen and oxygen atoms in total. The molecule has 4 heteroatoms. The summed E-state index contributed by atoms with van der Waals surface area (Å²) in [5.41, 5.74) is 0. The van der Waals surface area contributed by atoms with Crippen LogP contribution in [0.5, 0.6) is 0 Å². The van der Waals surface area contributed by atoms with E-state index in [0.717, 1.165) is 0 Å². The van der Waals surface area contributed by atoms with Crippen molar-refractivity contribution in [3.05, 3.63) is 30.2 Å². The lowest BCUT2D eigenvalue weighted by Gasteiger charge is -1.91. The summed E-state index contributed by atoms with van der Waals surface area (Å²) in [5, 5.41) is 9.21. The summed E-state index contributed by atoms with van der Waals surface area (Å²) < 4.78 is 5.20. The molecule has 0 aliphatic heterocycles. The highest BCUT2D eigenvalue weighted by Gasteiger charge is 2.00. The van der Waals surface area contributed by atoms with Gasteiger partial charge in [0.2, 0.25) is 0 Å². The van der Waals surface area contributed by atoms with Crippen LogP contribution in [-0.2, 0) is 0 Å². The average molecular weight is 186 g/mol. The third-order valence-electron chi connectivity index (χ3n) is 1.03. The van der Waals surface area contributed by atoms with Crippen LogP contribution in [0.15, 0.2) is 28.9 Å². The Morgan fingerprint density at radius 2 is 2.45 bits per heavy atom. The van der Waals surface area contributed by atoms with Gasteiger partial charge in [0.25, 0.3) is 0 Å². The maximum absolute atomic E-state index is 9.21. The van der Waals surface area contributed by atoms with Gasteiger partial charge >= 0.3 is 0 Å². The Labute approximate surface area is 74.9 Å². The van der Waals surface area contributed by atoms with Crippen LogP contribution in [-0.4, -0.2) is 9.30 Å². The standard InChI is InChI=1S/C7H6O2S2/c8-5(4-7(10)11)6-2-1-3-9-6/h1-4,8H,(H,10,11). The molecule has 0 bridgehead atoms. The highest BCUT2D eigenvalue weighted by atomic mass is 32.1. The molecule has 1 aromatic heterocycles. The van der Waals surface area contributed by atoms with Crippen molar-refractivity contribution in [1.29, 1.82) is 0 Å². The van der Waals surface area contributed by atoms with Crippen LogP contribution in [0, 0.1) is 0 Å². The largest absolute Gasteiger partial charge is 0.504 e. The molecule has 0 aliphatic rings. The fraction of sp³-hybridized carbons (Fsp3) is 0. The second-order valence-corrected chi connectivity index (χ2v) is 3.07. The van der Waals surface area contributed by atoms with Gasteiger partial charge in [-0.15, -0.1) is 12.6 Å². The van der Waals surface area contributed by atoms with Gasteiger partial charge in [0, 0.05) is 6.08 Å². The third kappa shape index (κ3) is 2.40. The molecular weight excluding hydrogens is 180 g/mol. The summed E-state index contributed by atoms with van der Waals surface area (Å²) in [6.45, 7) is 0. The molecule has 0 amide bonds. The normalized spacial score (nSPS) is 11.5. The number of thiocarbonyl (C=S) groups is 1. The van der Waals surface area contributed by atoms with E-state index >= 15 is 0 Å². The first-order valence-corrected chi connectivity index (χ1v) is 3.73. The smallest absolute Gasteiger partial charge is 0.168 e. The Bertz CT molecular complexity index is 275. The van der Waals surface area contributed by atoms with Crippen LogP contribution in [0.3, 0.4) is 0 Å². The summed E-state index contributed by atoms with van der Waals surface area (Å²) in [7, 11) is 0. The predicted molar refractivity (Wildman–Crippen MR) is 50.9 cm³/mol. The molecule has 58 valence electrons. The van der Waals surface area contributed by atoms with E-state index in [0.29, 0.717) is 9.96 Å². The van der Waals surface area contributed by atoms with Crippen molar-refractivity contribution in [3.8, 4) is 0 Å². The Hall–Kier alpha value is -0.740. The fourth-order valence-electron chi connectivity index (χ4n) is 0.612. The Morgan fingerprint density at radius 3 is 2.91 bits per heavy atom. The molecule has 1 aromatic rings. The van der Waals surface area contributed by atoms with Crippen LogP contribution in [0.2, 0.25) is 0 Å². The Morgan fingerprint density at radius 1 is 1.73 bits per heavy atom. The number of hydrogen-bond donors (Lipinski definition) is 2. The van der Waals surface area contributed by atoms with Gasteiger partial charge in [-0.2, -0.15) is 0 Å². The van der Waals surface area contributed by atoms with Crippen molar-refractivity contribution in [3.63, 3.8) is 0 Å². The van der Waals surface area contributed by atoms with E-state index in [1.54, 1.807) is 12.1 Å². The predicted octanol–water partition coefficient (Wildman–Crippen LogP) is 2.44. The molecule has 0 atom stereocenters. The zero-order valence-electron chi connectivity index (χ0n) is 5.52. The van der Waals surface area contributed by atoms with Gasteiger partial charge in [-0.1, -0.05) is 12.2 Å². The molecule has 0 saturated carbocycles. The van der Waals surface area contributed by atoms with Gasteiger partial charge < -0.3 is 9.52 Å². The molecule has 1 N–H and O–H groups in total. The number of furan rings is 1. The second-order valence-electron chi connectivity index (χ2n) is 1.85. The molecule has 11 heavy (non-hydrogen) atoms. The molecule has 0 aromatic carbocycles. The second kappa shape index (κ2) is 3.59. The van der Waals surface area contributed by atoms with Gasteiger partial charge in [-0.05, 0) is 12.1 Å². The number of rotatable bonds is 2. The van der Waals surface area contributed by atoms with Crippen LogP contribution < -0.4 is 0 Å².